The molecular formula is C15H22BrN3O5. The van der Waals surface area contributed by atoms with Gasteiger partial charge in [-0.2, -0.15) is 0 Å². The van der Waals surface area contributed by atoms with E-state index in [1.165, 1.54) is 17.2 Å². The van der Waals surface area contributed by atoms with Crippen LogP contribution in [0, 0.1) is 10.1 Å². The summed E-state index contributed by atoms with van der Waals surface area (Å²) in [4.78, 5) is 28.0. The van der Waals surface area contributed by atoms with Gasteiger partial charge in [-0.15, -0.1) is 0 Å². The lowest BCUT2D eigenvalue weighted by Crippen LogP contribution is -2.43. The standard InChI is InChI=1S/C15H22BrN3O5/c1-10(2)18(14(20)24-15(3,4)5)6-7-23-13-12(19(21)22)8-11(16)9-17-13/h8-10H,6-7H2,1-5H3. The minimum Gasteiger partial charge on any atom is -0.471 e. The average Bonchev–Trinajstić information content (AvgIpc) is 2.42. The van der Waals surface area contributed by atoms with Gasteiger partial charge in [-0.25, -0.2) is 9.78 Å². The molecule has 8 nitrogen and oxygen atoms in total. The molecule has 1 heterocycles. The number of nitro groups is 1. The molecular weight excluding hydrogens is 382 g/mol. The number of nitrogens with zero attached hydrogens (tertiary/aromatic N) is 3. The number of pyridine rings is 1. The van der Waals surface area contributed by atoms with Crippen LogP contribution in [-0.4, -0.2) is 45.7 Å². The van der Waals surface area contributed by atoms with Gasteiger partial charge in [0.2, 0.25) is 0 Å². The summed E-state index contributed by atoms with van der Waals surface area (Å²) < 4.78 is 11.2. The van der Waals surface area contributed by atoms with Crippen molar-refractivity contribution in [2.75, 3.05) is 13.2 Å². The summed E-state index contributed by atoms with van der Waals surface area (Å²) in [6, 6.07) is 1.22. The molecule has 134 valence electrons. The third kappa shape index (κ3) is 6.31. The van der Waals surface area contributed by atoms with Crippen molar-refractivity contribution < 1.29 is 19.2 Å². The molecule has 0 radical (unpaired) electrons. The van der Waals surface area contributed by atoms with Crippen LogP contribution < -0.4 is 4.74 Å². The van der Waals surface area contributed by atoms with Crippen molar-refractivity contribution in [1.29, 1.82) is 0 Å². The maximum absolute atomic E-state index is 12.2. The first-order valence-corrected chi connectivity index (χ1v) is 8.23. The van der Waals surface area contributed by atoms with E-state index < -0.39 is 16.6 Å². The molecule has 0 aliphatic carbocycles. The van der Waals surface area contributed by atoms with Crippen LogP contribution in [0.1, 0.15) is 34.6 Å². The van der Waals surface area contributed by atoms with Gasteiger partial charge in [-0.3, -0.25) is 10.1 Å². The molecule has 0 fully saturated rings. The number of ether oxygens (including phenoxy) is 2. The van der Waals surface area contributed by atoms with Gasteiger partial charge in [0.15, 0.2) is 0 Å². The van der Waals surface area contributed by atoms with Crippen LogP contribution in [0.5, 0.6) is 5.88 Å². The Bertz CT molecular complexity index is 601. The van der Waals surface area contributed by atoms with E-state index in [1.807, 2.05) is 13.8 Å². The molecule has 0 N–H and O–H groups in total. The van der Waals surface area contributed by atoms with Crippen molar-refractivity contribution in [2.24, 2.45) is 0 Å². The van der Waals surface area contributed by atoms with E-state index in [-0.39, 0.29) is 30.8 Å². The van der Waals surface area contributed by atoms with Crippen molar-refractivity contribution in [3.63, 3.8) is 0 Å². The van der Waals surface area contributed by atoms with Gasteiger partial charge in [0.05, 0.1) is 11.5 Å². The van der Waals surface area contributed by atoms with Crippen LogP contribution in [0.25, 0.3) is 0 Å². The monoisotopic (exact) mass is 403 g/mol. The number of hydrogen-bond acceptors (Lipinski definition) is 6. The molecule has 1 amide bonds. The summed E-state index contributed by atoms with van der Waals surface area (Å²) in [6.45, 7) is 9.35. The van der Waals surface area contributed by atoms with Crippen LogP contribution >= 0.6 is 15.9 Å². The first kappa shape index (κ1) is 20.1. The molecule has 9 heteroatoms. The number of hydrogen-bond donors (Lipinski definition) is 0. The lowest BCUT2D eigenvalue weighted by Gasteiger charge is -2.29. The van der Waals surface area contributed by atoms with Gasteiger partial charge in [-0.05, 0) is 50.5 Å². The molecule has 0 aliphatic heterocycles. The van der Waals surface area contributed by atoms with Crippen LogP contribution in [0.15, 0.2) is 16.7 Å². The summed E-state index contributed by atoms with van der Waals surface area (Å²) in [5, 5.41) is 11.0. The molecule has 0 aliphatic rings. The Morgan fingerprint density at radius 3 is 2.58 bits per heavy atom. The second kappa shape index (κ2) is 8.27. The highest BCUT2D eigenvalue weighted by Gasteiger charge is 2.24. The van der Waals surface area contributed by atoms with Crippen LogP contribution in [0.2, 0.25) is 0 Å². The molecule has 0 atom stereocenters. The molecule has 0 bridgehead atoms. The van der Waals surface area contributed by atoms with E-state index in [2.05, 4.69) is 20.9 Å². The van der Waals surface area contributed by atoms with Gasteiger partial charge in [0, 0.05) is 22.8 Å². The number of aromatic nitrogens is 1. The zero-order valence-corrected chi connectivity index (χ0v) is 16.0. The SMILES string of the molecule is CC(C)N(CCOc1ncc(Br)cc1[N+](=O)[O-])C(=O)OC(C)(C)C. The first-order chi connectivity index (χ1) is 11.0. The third-order valence-electron chi connectivity index (χ3n) is 2.82. The van der Waals surface area contributed by atoms with Crippen LogP contribution in [0.4, 0.5) is 10.5 Å². The van der Waals surface area contributed by atoms with Gasteiger partial charge < -0.3 is 14.4 Å². The summed E-state index contributed by atoms with van der Waals surface area (Å²) >= 11 is 3.13. The lowest BCUT2D eigenvalue weighted by atomic mass is 10.2. The van der Waals surface area contributed by atoms with Gasteiger partial charge in [0.1, 0.15) is 12.2 Å². The van der Waals surface area contributed by atoms with E-state index >= 15 is 0 Å². The molecule has 0 spiro atoms. The molecule has 24 heavy (non-hydrogen) atoms. The Morgan fingerprint density at radius 1 is 1.46 bits per heavy atom. The molecule has 1 aromatic rings. The van der Waals surface area contributed by atoms with Gasteiger partial charge >= 0.3 is 11.8 Å². The van der Waals surface area contributed by atoms with Crippen molar-refractivity contribution in [3.05, 3.63) is 26.9 Å². The maximum atomic E-state index is 12.2. The summed E-state index contributed by atoms with van der Waals surface area (Å²) in [5.74, 6) is -0.0869. The topological polar surface area (TPSA) is 94.8 Å². The predicted octanol–water partition coefficient (Wildman–Crippen LogP) is 3.78. The number of carbonyl (C=O) groups is 1. The minimum atomic E-state index is -0.600. The second-order valence-corrected chi connectivity index (χ2v) is 7.27. The number of amides is 1. The highest BCUT2D eigenvalue weighted by atomic mass is 79.9. The summed E-state index contributed by atoms with van der Waals surface area (Å²) in [6.07, 6.45) is 0.954. The fourth-order valence-electron chi connectivity index (χ4n) is 1.78. The Morgan fingerprint density at radius 2 is 2.08 bits per heavy atom. The fourth-order valence-corrected chi connectivity index (χ4v) is 2.10. The molecule has 0 unspecified atom stereocenters. The van der Waals surface area contributed by atoms with E-state index in [4.69, 9.17) is 9.47 Å². The Kier molecular flexibility index (Phi) is 6.94. The van der Waals surface area contributed by atoms with Crippen molar-refractivity contribution in [2.45, 2.75) is 46.3 Å². The highest BCUT2D eigenvalue weighted by molar-refractivity contribution is 9.10. The molecule has 0 saturated carbocycles. The fraction of sp³-hybridized carbons (Fsp3) is 0.600. The Balaban J connectivity index is 2.73. The zero-order chi connectivity index (χ0) is 18.5. The maximum Gasteiger partial charge on any atom is 0.410 e. The van der Waals surface area contributed by atoms with Crippen molar-refractivity contribution >= 4 is 27.7 Å². The normalized spacial score (nSPS) is 11.3. The molecule has 1 rings (SSSR count). The van der Waals surface area contributed by atoms with E-state index in [9.17, 15) is 14.9 Å². The van der Waals surface area contributed by atoms with Gasteiger partial charge in [0.25, 0.3) is 5.88 Å². The smallest absolute Gasteiger partial charge is 0.410 e. The second-order valence-electron chi connectivity index (χ2n) is 6.35. The molecule has 1 aromatic heterocycles. The van der Waals surface area contributed by atoms with Crippen molar-refractivity contribution in [1.82, 2.24) is 9.88 Å². The average molecular weight is 404 g/mol. The Labute approximate surface area is 149 Å². The number of rotatable bonds is 6. The van der Waals surface area contributed by atoms with Gasteiger partial charge in [-0.1, -0.05) is 0 Å². The van der Waals surface area contributed by atoms with Crippen LogP contribution in [0.3, 0.4) is 0 Å². The van der Waals surface area contributed by atoms with Crippen LogP contribution in [-0.2, 0) is 4.74 Å². The highest BCUT2D eigenvalue weighted by Crippen LogP contribution is 2.27. The van der Waals surface area contributed by atoms with Crippen molar-refractivity contribution in [3.8, 4) is 5.88 Å². The lowest BCUT2D eigenvalue weighted by molar-refractivity contribution is -0.386. The quantitative estimate of drug-likeness (QED) is 0.529. The predicted molar refractivity (Wildman–Crippen MR) is 92.2 cm³/mol. The zero-order valence-electron chi connectivity index (χ0n) is 14.4. The van der Waals surface area contributed by atoms with E-state index in [0.29, 0.717) is 4.47 Å². The summed E-state index contributed by atoms with van der Waals surface area (Å²) in [5.41, 5.74) is -0.838. The third-order valence-corrected chi connectivity index (χ3v) is 3.25. The van der Waals surface area contributed by atoms with E-state index in [0.717, 1.165) is 0 Å². The Hall–Kier alpha value is -1.90. The summed E-state index contributed by atoms with van der Waals surface area (Å²) in [7, 11) is 0. The van der Waals surface area contributed by atoms with E-state index in [1.54, 1.807) is 20.8 Å². The molecule has 0 saturated heterocycles. The molecule has 0 aromatic carbocycles. The number of halogens is 1. The largest absolute Gasteiger partial charge is 0.471 e. The number of carbonyl (C=O) groups excluding carboxylic acids is 1. The minimum absolute atomic E-state index is 0.0624. The first-order valence-electron chi connectivity index (χ1n) is 7.43.